The fourth-order valence-corrected chi connectivity index (χ4v) is 2.69. The van der Waals surface area contributed by atoms with Crippen LogP contribution in [0.3, 0.4) is 0 Å². The van der Waals surface area contributed by atoms with Gasteiger partial charge in [-0.2, -0.15) is 0 Å². The minimum Gasteiger partial charge on any atom is -0.356 e. The largest absolute Gasteiger partial charge is 0.356 e. The highest BCUT2D eigenvalue weighted by Crippen LogP contribution is 2.29. The van der Waals surface area contributed by atoms with Crippen molar-refractivity contribution in [2.75, 3.05) is 19.6 Å². The molecule has 1 rings (SSSR count). The summed E-state index contributed by atoms with van der Waals surface area (Å²) in [6.07, 6.45) is 9.60. The van der Waals surface area contributed by atoms with E-state index >= 15 is 0 Å². The first-order valence-corrected chi connectivity index (χ1v) is 7.74. The molecule has 18 heavy (non-hydrogen) atoms. The summed E-state index contributed by atoms with van der Waals surface area (Å²) in [5, 5.41) is 6.44. The molecule has 1 saturated heterocycles. The first-order chi connectivity index (χ1) is 8.75. The Labute approximate surface area is 112 Å². The molecule has 1 fully saturated rings. The third-order valence-electron chi connectivity index (χ3n) is 4.22. The lowest BCUT2D eigenvalue weighted by Gasteiger charge is -2.25. The minimum atomic E-state index is -0.123. The Kier molecular flexibility index (Phi) is 7.33. The van der Waals surface area contributed by atoms with Gasteiger partial charge in [0.2, 0.25) is 5.91 Å². The topological polar surface area (TPSA) is 41.1 Å². The van der Waals surface area contributed by atoms with Crippen molar-refractivity contribution in [1.29, 1.82) is 0 Å². The van der Waals surface area contributed by atoms with Crippen LogP contribution < -0.4 is 10.6 Å². The Morgan fingerprint density at radius 3 is 2.50 bits per heavy atom. The molecule has 0 saturated carbocycles. The second-order valence-electron chi connectivity index (χ2n) is 5.58. The van der Waals surface area contributed by atoms with Crippen LogP contribution in [0.4, 0.5) is 0 Å². The Morgan fingerprint density at radius 1 is 1.17 bits per heavy atom. The summed E-state index contributed by atoms with van der Waals surface area (Å²) < 4.78 is 0. The van der Waals surface area contributed by atoms with Crippen LogP contribution in [0.25, 0.3) is 0 Å². The normalized spacial score (nSPS) is 23.2. The zero-order chi connectivity index (χ0) is 13.3. The van der Waals surface area contributed by atoms with Crippen LogP contribution in [0, 0.1) is 5.41 Å². The molecule has 3 heteroatoms. The molecule has 1 unspecified atom stereocenters. The Morgan fingerprint density at radius 2 is 1.89 bits per heavy atom. The van der Waals surface area contributed by atoms with Gasteiger partial charge >= 0.3 is 0 Å². The molecule has 2 N–H and O–H groups in total. The van der Waals surface area contributed by atoms with E-state index in [0.29, 0.717) is 0 Å². The zero-order valence-corrected chi connectivity index (χ0v) is 12.2. The van der Waals surface area contributed by atoms with Crippen LogP contribution in [0.15, 0.2) is 0 Å². The monoisotopic (exact) mass is 254 g/mol. The number of hydrogen-bond acceptors (Lipinski definition) is 2. The number of nitrogens with one attached hydrogen (secondary N) is 2. The molecule has 0 aliphatic carbocycles. The lowest BCUT2D eigenvalue weighted by atomic mass is 9.83. The third kappa shape index (κ3) is 4.60. The Bertz CT molecular complexity index is 235. The highest BCUT2D eigenvalue weighted by Gasteiger charge is 2.38. The summed E-state index contributed by atoms with van der Waals surface area (Å²) in [4.78, 5) is 12.2. The van der Waals surface area contributed by atoms with Crippen molar-refractivity contribution < 1.29 is 4.79 Å². The quantitative estimate of drug-likeness (QED) is 0.621. The molecule has 0 aromatic heterocycles. The number of hydrogen-bond donors (Lipinski definition) is 2. The van der Waals surface area contributed by atoms with E-state index < -0.39 is 0 Å². The predicted octanol–water partition coefficient (Wildman–Crippen LogP) is 2.85. The molecule has 0 bridgehead atoms. The van der Waals surface area contributed by atoms with E-state index in [2.05, 4.69) is 24.5 Å². The van der Waals surface area contributed by atoms with E-state index in [9.17, 15) is 4.79 Å². The van der Waals surface area contributed by atoms with Crippen molar-refractivity contribution >= 4 is 5.91 Å². The molecule has 1 aliphatic heterocycles. The van der Waals surface area contributed by atoms with Crippen molar-refractivity contribution in [3.05, 3.63) is 0 Å². The molecule has 1 aliphatic rings. The molecule has 0 radical (unpaired) electrons. The average Bonchev–Trinajstić information content (AvgIpc) is 2.87. The van der Waals surface area contributed by atoms with Gasteiger partial charge < -0.3 is 10.6 Å². The van der Waals surface area contributed by atoms with Gasteiger partial charge in [-0.1, -0.05) is 46.0 Å². The van der Waals surface area contributed by atoms with Gasteiger partial charge in [-0.15, -0.1) is 0 Å². The average molecular weight is 254 g/mol. The molecular formula is C15H30N2O. The molecule has 1 amide bonds. The molecule has 0 aromatic carbocycles. The predicted molar refractivity (Wildman–Crippen MR) is 76.6 cm³/mol. The van der Waals surface area contributed by atoms with Crippen molar-refractivity contribution in [1.82, 2.24) is 10.6 Å². The van der Waals surface area contributed by atoms with Crippen molar-refractivity contribution in [3.63, 3.8) is 0 Å². The molecule has 1 atom stereocenters. The van der Waals surface area contributed by atoms with E-state index in [1.807, 2.05) is 0 Å². The molecule has 106 valence electrons. The molecular weight excluding hydrogens is 224 g/mol. The van der Waals surface area contributed by atoms with Crippen LogP contribution in [0.5, 0.6) is 0 Å². The number of carbonyl (C=O) groups excluding carboxylic acids is 1. The highest BCUT2D eigenvalue weighted by molar-refractivity contribution is 5.83. The van der Waals surface area contributed by atoms with Crippen LogP contribution >= 0.6 is 0 Å². The van der Waals surface area contributed by atoms with Gasteiger partial charge in [-0.25, -0.2) is 0 Å². The first kappa shape index (κ1) is 15.5. The van der Waals surface area contributed by atoms with Gasteiger partial charge in [0.05, 0.1) is 5.41 Å². The molecule has 0 spiro atoms. The SMILES string of the molecule is CCCCCCCCNC(=O)C1(CC)CCNC1. The summed E-state index contributed by atoms with van der Waals surface area (Å²) in [6, 6.07) is 0. The molecule has 0 aromatic rings. The van der Waals surface area contributed by atoms with Crippen molar-refractivity contribution in [2.24, 2.45) is 5.41 Å². The third-order valence-corrected chi connectivity index (χ3v) is 4.22. The van der Waals surface area contributed by atoms with E-state index in [4.69, 9.17) is 0 Å². The number of unbranched alkanes of at least 4 members (excludes halogenated alkanes) is 5. The van der Waals surface area contributed by atoms with E-state index in [0.717, 1.165) is 38.9 Å². The fraction of sp³-hybridized carbons (Fsp3) is 0.933. The maximum atomic E-state index is 12.2. The Balaban J connectivity index is 2.09. The molecule has 1 heterocycles. The van der Waals surface area contributed by atoms with E-state index in [-0.39, 0.29) is 11.3 Å². The summed E-state index contributed by atoms with van der Waals surface area (Å²) in [5.41, 5.74) is -0.123. The van der Waals surface area contributed by atoms with Crippen LogP contribution in [0.2, 0.25) is 0 Å². The second kappa shape index (κ2) is 8.52. The summed E-state index contributed by atoms with van der Waals surface area (Å²) in [6.45, 7) is 7.05. The smallest absolute Gasteiger partial charge is 0.227 e. The highest BCUT2D eigenvalue weighted by atomic mass is 16.2. The fourth-order valence-electron chi connectivity index (χ4n) is 2.69. The lowest BCUT2D eigenvalue weighted by Crippen LogP contribution is -2.42. The van der Waals surface area contributed by atoms with Gasteiger partial charge in [-0.05, 0) is 25.8 Å². The van der Waals surface area contributed by atoms with Crippen LogP contribution in [0.1, 0.15) is 65.2 Å². The second-order valence-corrected chi connectivity index (χ2v) is 5.58. The minimum absolute atomic E-state index is 0.123. The number of rotatable bonds is 9. The summed E-state index contributed by atoms with van der Waals surface area (Å²) >= 11 is 0. The van der Waals surface area contributed by atoms with E-state index in [1.54, 1.807) is 0 Å². The summed E-state index contributed by atoms with van der Waals surface area (Å²) in [7, 11) is 0. The first-order valence-electron chi connectivity index (χ1n) is 7.74. The van der Waals surface area contributed by atoms with Gasteiger partial charge in [0.25, 0.3) is 0 Å². The zero-order valence-electron chi connectivity index (χ0n) is 12.2. The van der Waals surface area contributed by atoms with Gasteiger partial charge in [0.15, 0.2) is 0 Å². The standard InChI is InChI=1S/C15H30N2O/c1-3-5-6-7-8-9-11-17-14(18)15(4-2)10-12-16-13-15/h16H,3-13H2,1-2H3,(H,17,18). The van der Waals surface area contributed by atoms with Gasteiger partial charge in [0, 0.05) is 13.1 Å². The van der Waals surface area contributed by atoms with Gasteiger partial charge in [0.1, 0.15) is 0 Å². The number of amides is 1. The lowest BCUT2D eigenvalue weighted by molar-refractivity contribution is -0.130. The van der Waals surface area contributed by atoms with Crippen LogP contribution in [-0.2, 0) is 4.79 Å². The molecule has 3 nitrogen and oxygen atoms in total. The maximum Gasteiger partial charge on any atom is 0.227 e. The number of carbonyl (C=O) groups is 1. The summed E-state index contributed by atoms with van der Waals surface area (Å²) in [5.74, 6) is 0.267. The van der Waals surface area contributed by atoms with E-state index in [1.165, 1.54) is 32.1 Å². The van der Waals surface area contributed by atoms with Gasteiger partial charge in [-0.3, -0.25) is 4.79 Å². The van der Waals surface area contributed by atoms with Crippen molar-refractivity contribution in [3.8, 4) is 0 Å². The maximum absolute atomic E-state index is 12.2. The Hall–Kier alpha value is -0.570. The van der Waals surface area contributed by atoms with Crippen LogP contribution in [-0.4, -0.2) is 25.5 Å². The van der Waals surface area contributed by atoms with Crippen molar-refractivity contribution in [2.45, 2.75) is 65.2 Å².